The lowest BCUT2D eigenvalue weighted by Crippen LogP contribution is -2.02. The number of aliphatic hydroxyl groups is 1. The second kappa shape index (κ2) is 3.31. The first-order valence-corrected chi connectivity index (χ1v) is 3.44. The van der Waals surface area contributed by atoms with Crippen molar-refractivity contribution in [1.29, 1.82) is 0 Å². The van der Waals surface area contributed by atoms with E-state index in [2.05, 4.69) is 5.10 Å². The minimum atomic E-state index is -0.538. The third-order valence-electron chi connectivity index (χ3n) is 1.42. The van der Waals surface area contributed by atoms with Crippen LogP contribution in [0.25, 0.3) is 0 Å². The van der Waals surface area contributed by atoms with Crippen molar-refractivity contribution in [3.63, 3.8) is 0 Å². The van der Waals surface area contributed by atoms with E-state index in [-0.39, 0.29) is 19.0 Å². The average molecular weight is 171 g/mol. The molecule has 66 valence electrons. The number of nitro groups is 1. The van der Waals surface area contributed by atoms with Crippen LogP contribution in [0.2, 0.25) is 0 Å². The lowest BCUT2D eigenvalue weighted by molar-refractivity contribution is -0.390. The van der Waals surface area contributed by atoms with Crippen molar-refractivity contribution in [3.8, 4) is 0 Å². The van der Waals surface area contributed by atoms with Crippen LogP contribution in [-0.4, -0.2) is 26.4 Å². The summed E-state index contributed by atoms with van der Waals surface area (Å²) in [5.41, 5.74) is 0.508. The van der Waals surface area contributed by atoms with Gasteiger partial charge >= 0.3 is 5.82 Å². The molecule has 1 heterocycles. The molecular formula is C6H9N3O3. The second-order valence-electron chi connectivity index (χ2n) is 2.38. The first-order chi connectivity index (χ1) is 5.65. The molecule has 0 radical (unpaired) electrons. The van der Waals surface area contributed by atoms with E-state index < -0.39 is 4.92 Å². The van der Waals surface area contributed by atoms with E-state index in [1.165, 1.54) is 10.9 Å². The van der Waals surface area contributed by atoms with Gasteiger partial charge in [0.1, 0.15) is 0 Å². The zero-order valence-electron chi connectivity index (χ0n) is 6.60. The van der Waals surface area contributed by atoms with Crippen LogP contribution in [0.3, 0.4) is 0 Å². The van der Waals surface area contributed by atoms with Gasteiger partial charge in [-0.15, -0.1) is 0 Å². The molecule has 6 nitrogen and oxygen atoms in total. The number of rotatable bonds is 3. The highest BCUT2D eigenvalue weighted by Crippen LogP contribution is 2.13. The quantitative estimate of drug-likeness (QED) is 0.516. The molecule has 0 aromatic carbocycles. The van der Waals surface area contributed by atoms with Crippen molar-refractivity contribution < 1.29 is 10.0 Å². The van der Waals surface area contributed by atoms with Crippen LogP contribution in [-0.2, 0) is 6.54 Å². The summed E-state index contributed by atoms with van der Waals surface area (Å²) in [7, 11) is 0. The number of aryl methyl sites for hydroxylation is 1. The highest BCUT2D eigenvalue weighted by atomic mass is 16.6. The molecule has 1 aromatic rings. The van der Waals surface area contributed by atoms with Crippen molar-refractivity contribution >= 4 is 5.82 Å². The Morgan fingerprint density at radius 1 is 1.83 bits per heavy atom. The minimum absolute atomic E-state index is 0.0712. The maximum absolute atomic E-state index is 10.3. The largest absolute Gasteiger partial charge is 0.394 e. The summed E-state index contributed by atoms with van der Waals surface area (Å²) in [6.45, 7) is 1.83. The Balaban J connectivity index is 2.92. The van der Waals surface area contributed by atoms with E-state index in [1.807, 2.05) is 0 Å². The van der Waals surface area contributed by atoms with E-state index in [1.54, 1.807) is 6.92 Å². The van der Waals surface area contributed by atoms with E-state index in [0.717, 1.165) is 0 Å². The summed E-state index contributed by atoms with van der Waals surface area (Å²) in [5.74, 6) is -0.150. The smallest absolute Gasteiger partial charge is 0.392 e. The van der Waals surface area contributed by atoms with Crippen LogP contribution in [0, 0.1) is 17.0 Å². The van der Waals surface area contributed by atoms with Gasteiger partial charge in [-0.2, -0.15) is 4.68 Å². The van der Waals surface area contributed by atoms with Crippen LogP contribution in [0.5, 0.6) is 0 Å². The van der Waals surface area contributed by atoms with Gasteiger partial charge in [-0.1, -0.05) is 0 Å². The molecule has 1 rings (SSSR count). The Hall–Kier alpha value is -1.43. The number of hydrogen-bond donors (Lipinski definition) is 1. The number of aromatic nitrogens is 2. The fraction of sp³-hybridized carbons (Fsp3) is 0.500. The maximum atomic E-state index is 10.3. The third-order valence-corrected chi connectivity index (χ3v) is 1.42. The van der Waals surface area contributed by atoms with Gasteiger partial charge in [0.15, 0.2) is 0 Å². The fourth-order valence-electron chi connectivity index (χ4n) is 0.908. The van der Waals surface area contributed by atoms with Crippen molar-refractivity contribution in [1.82, 2.24) is 9.78 Å². The van der Waals surface area contributed by atoms with E-state index in [0.29, 0.717) is 5.56 Å². The van der Waals surface area contributed by atoms with Gasteiger partial charge in [-0.05, 0) is 11.8 Å². The van der Waals surface area contributed by atoms with Crippen LogP contribution in [0.4, 0.5) is 5.82 Å². The molecule has 12 heavy (non-hydrogen) atoms. The number of nitrogens with zero attached hydrogens (tertiary/aromatic N) is 3. The number of hydrogen-bond acceptors (Lipinski definition) is 4. The zero-order valence-corrected chi connectivity index (χ0v) is 6.60. The van der Waals surface area contributed by atoms with E-state index in [4.69, 9.17) is 5.11 Å². The molecule has 0 amide bonds. The van der Waals surface area contributed by atoms with Crippen LogP contribution >= 0.6 is 0 Å². The average Bonchev–Trinajstić information content (AvgIpc) is 2.32. The molecule has 0 unspecified atom stereocenters. The lowest BCUT2D eigenvalue weighted by Gasteiger charge is -1.88. The van der Waals surface area contributed by atoms with Crippen molar-refractivity contribution in [2.75, 3.05) is 6.61 Å². The van der Waals surface area contributed by atoms with Crippen LogP contribution < -0.4 is 0 Å². The van der Waals surface area contributed by atoms with Gasteiger partial charge in [0, 0.05) is 0 Å². The molecule has 0 aliphatic heterocycles. The molecule has 1 N–H and O–H groups in total. The summed E-state index contributed by atoms with van der Waals surface area (Å²) in [5, 5.41) is 22.5. The Kier molecular flexibility index (Phi) is 2.39. The van der Waals surface area contributed by atoms with Crippen LogP contribution in [0.1, 0.15) is 5.56 Å². The van der Waals surface area contributed by atoms with E-state index >= 15 is 0 Å². The van der Waals surface area contributed by atoms with Crippen molar-refractivity contribution in [3.05, 3.63) is 21.9 Å². The molecule has 0 bridgehead atoms. The van der Waals surface area contributed by atoms with Gasteiger partial charge in [-0.25, -0.2) is 0 Å². The van der Waals surface area contributed by atoms with E-state index in [9.17, 15) is 10.1 Å². The molecule has 0 spiro atoms. The Morgan fingerprint density at radius 3 is 2.92 bits per heavy atom. The van der Waals surface area contributed by atoms with Gasteiger partial charge in [-0.3, -0.25) is 0 Å². The first-order valence-electron chi connectivity index (χ1n) is 3.44. The Morgan fingerprint density at radius 2 is 2.50 bits per heavy atom. The van der Waals surface area contributed by atoms with Crippen molar-refractivity contribution in [2.45, 2.75) is 13.5 Å². The fourth-order valence-corrected chi connectivity index (χ4v) is 0.908. The standard InChI is InChI=1S/C6H9N3O3/c1-5-4-8(2-3-10)7-6(5)9(11)12/h4,10H,2-3H2,1H3. The summed E-state index contributed by atoms with van der Waals surface area (Å²) >= 11 is 0. The molecule has 0 saturated carbocycles. The monoisotopic (exact) mass is 171 g/mol. The molecule has 0 aliphatic carbocycles. The molecule has 1 aromatic heterocycles. The van der Waals surface area contributed by atoms with Gasteiger partial charge in [0.2, 0.25) is 0 Å². The van der Waals surface area contributed by atoms with Crippen molar-refractivity contribution in [2.24, 2.45) is 0 Å². The van der Waals surface area contributed by atoms with Crippen LogP contribution in [0.15, 0.2) is 6.20 Å². The number of aliphatic hydroxyl groups excluding tert-OH is 1. The first kappa shape index (κ1) is 8.66. The zero-order chi connectivity index (χ0) is 9.14. The maximum Gasteiger partial charge on any atom is 0.392 e. The third kappa shape index (κ3) is 1.59. The summed E-state index contributed by atoms with van der Waals surface area (Å²) in [6.07, 6.45) is 1.54. The normalized spacial score (nSPS) is 10.2. The second-order valence-corrected chi connectivity index (χ2v) is 2.38. The predicted molar refractivity (Wildman–Crippen MR) is 40.7 cm³/mol. The Labute approximate surface area is 68.6 Å². The van der Waals surface area contributed by atoms with Gasteiger partial charge in [0.05, 0.1) is 30.0 Å². The minimum Gasteiger partial charge on any atom is -0.394 e. The van der Waals surface area contributed by atoms with Gasteiger partial charge < -0.3 is 15.2 Å². The van der Waals surface area contributed by atoms with Gasteiger partial charge in [0.25, 0.3) is 0 Å². The topological polar surface area (TPSA) is 81.2 Å². The molecule has 0 fully saturated rings. The SMILES string of the molecule is Cc1cn(CCO)nc1[N+](=O)[O-]. The predicted octanol–water partition coefficient (Wildman–Crippen LogP) is 0.0920. The highest BCUT2D eigenvalue weighted by molar-refractivity contribution is 5.27. The highest BCUT2D eigenvalue weighted by Gasteiger charge is 2.15. The molecule has 0 atom stereocenters. The summed E-state index contributed by atoms with van der Waals surface area (Å²) in [6, 6.07) is 0. The summed E-state index contributed by atoms with van der Waals surface area (Å²) in [4.78, 5) is 9.77. The Bertz CT molecular complexity index is 294. The molecule has 0 aliphatic rings. The molecule has 0 saturated heterocycles. The molecular weight excluding hydrogens is 162 g/mol. The molecule has 6 heteroatoms. The lowest BCUT2D eigenvalue weighted by atomic mass is 10.4. The summed E-state index contributed by atoms with van der Waals surface area (Å²) < 4.78 is 1.35.